The van der Waals surface area contributed by atoms with Gasteiger partial charge in [0.25, 0.3) is 5.91 Å². The first kappa shape index (κ1) is 19.9. The number of hydrogen-bond donors (Lipinski definition) is 3. The van der Waals surface area contributed by atoms with E-state index in [2.05, 4.69) is 20.3 Å². The zero-order chi connectivity index (χ0) is 23.2. The Morgan fingerprint density at radius 1 is 0.882 bits per heavy atom. The lowest BCUT2D eigenvalue weighted by molar-refractivity contribution is 0.0690. The summed E-state index contributed by atoms with van der Waals surface area (Å²) in [5.41, 5.74) is 6.43. The molecule has 164 valence electrons. The van der Waals surface area contributed by atoms with Crippen molar-refractivity contribution < 1.29 is 14.7 Å². The smallest absolute Gasteiger partial charge is 0.354 e. The number of aromatic carboxylic acids is 1. The van der Waals surface area contributed by atoms with Gasteiger partial charge in [-0.05, 0) is 46.5 Å². The van der Waals surface area contributed by atoms with E-state index in [-0.39, 0.29) is 17.6 Å². The summed E-state index contributed by atoms with van der Waals surface area (Å²) in [5, 5.41) is 13.4. The molecule has 1 aliphatic carbocycles. The number of hydrogen-bond acceptors (Lipinski definition) is 4. The van der Waals surface area contributed by atoms with E-state index in [0.29, 0.717) is 16.9 Å². The van der Waals surface area contributed by atoms with E-state index in [4.69, 9.17) is 0 Å². The van der Waals surface area contributed by atoms with E-state index < -0.39 is 5.97 Å². The predicted molar refractivity (Wildman–Crippen MR) is 127 cm³/mol. The normalized spacial score (nSPS) is 13.9. The van der Waals surface area contributed by atoms with Crippen LogP contribution in [0, 0.1) is 0 Å². The van der Waals surface area contributed by atoms with Gasteiger partial charge in [0.05, 0.1) is 17.3 Å². The Hall–Kier alpha value is -4.78. The summed E-state index contributed by atoms with van der Waals surface area (Å²) in [4.78, 5) is 36.5. The molecule has 3 aromatic heterocycles. The number of carbonyl (C=O) groups excluding carboxylic acids is 1. The lowest BCUT2D eigenvalue weighted by atomic mass is 9.96. The summed E-state index contributed by atoms with van der Waals surface area (Å²) >= 11 is 0. The van der Waals surface area contributed by atoms with Gasteiger partial charge in [0.2, 0.25) is 0 Å². The van der Waals surface area contributed by atoms with Crippen molar-refractivity contribution in [2.45, 2.75) is 6.04 Å². The second-order valence-electron chi connectivity index (χ2n) is 8.08. The number of rotatable bonds is 4. The number of aromatic nitrogens is 3. The molecule has 2 aromatic carbocycles. The number of nitrogens with zero attached hydrogens (tertiary/aromatic N) is 2. The Morgan fingerprint density at radius 2 is 1.68 bits per heavy atom. The molecule has 1 atom stereocenters. The van der Waals surface area contributed by atoms with Crippen LogP contribution in [0.15, 0.2) is 85.2 Å². The molecule has 0 spiro atoms. The number of carbonyl (C=O) groups is 2. The minimum atomic E-state index is -1.08. The molecule has 0 radical (unpaired) electrons. The van der Waals surface area contributed by atoms with Crippen LogP contribution in [0.25, 0.3) is 33.4 Å². The van der Waals surface area contributed by atoms with E-state index in [9.17, 15) is 14.7 Å². The zero-order valence-corrected chi connectivity index (χ0v) is 17.8. The average molecular weight is 446 g/mol. The maximum atomic E-state index is 13.4. The van der Waals surface area contributed by atoms with E-state index in [1.165, 1.54) is 6.07 Å². The second kappa shape index (κ2) is 7.67. The number of amides is 1. The largest absolute Gasteiger partial charge is 0.477 e. The fourth-order valence-electron chi connectivity index (χ4n) is 4.70. The van der Waals surface area contributed by atoms with Crippen molar-refractivity contribution in [2.75, 3.05) is 0 Å². The summed E-state index contributed by atoms with van der Waals surface area (Å²) in [6.45, 7) is 0. The van der Waals surface area contributed by atoms with Crippen LogP contribution in [0.5, 0.6) is 0 Å². The van der Waals surface area contributed by atoms with Crippen molar-refractivity contribution in [3.63, 3.8) is 0 Å². The summed E-state index contributed by atoms with van der Waals surface area (Å²) in [6.07, 6.45) is 3.38. The minimum absolute atomic E-state index is 0.0144. The molecule has 0 saturated carbocycles. The van der Waals surface area contributed by atoms with E-state index in [0.717, 1.165) is 33.2 Å². The van der Waals surface area contributed by atoms with Crippen molar-refractivity contribution in [3.05, 3.63) is 108 Å². The number of aromatic amines is 1. The third kappa shape index (κ3) is 3.06. The van der Waals surface area contributed by atoms with E-state index in [1.54, 1.807) is 30.6 Å². The topological polar surface area (TPSA) is 108 Å². The van der Waals surface area contributed by atoms with E-state index in [1.807, 2.05) is 48.5 Å². The van der Waals surface area contributed by atoms with Gasteiger partial charge in [-0.1, -0.05) is 48.5 Å². The van der Waals surface area contributed by atoms with Gasteiger partial charge in [-0.15, -0.1) is 0 Å². The van der Waals surface area contributed by atoms with Crippen LogP contribution in [0.3, 0.4) is 0 Å². The molecule has 7 nitrogen and oxygen atoms in total. The molecule has 1 amide bonds. The number of carboxylic acids is 1. The van der Waals surface area contributed by atoms with Crippen LogP contribution >= 0.6 is 0 Å². The van der Waals surface area contributed by atoms with Gasteiger partial charge in [0, 0.05) is 23.3 Å². The summed E-state index contributed by atoms with van der Waals surface area (Å²) in [5.74, 6) is -1.27. The molecule has 0 aliphatic heterocycles. The molecular weight excluding hydrogens is 428 g/mol. The highest BCUT2D eigenvalue weighted by Gasteiger charge is 2.32. The van der Waals surface area contributed by atoms with Crippen LogP contribution < -0.4 is 5.32 Å². The molecule has 7 heteroatoms. The van der Waals surface area contributed by atoms with Gasteiger partial charge in [-0.3, -0.25) is 4.79 Å². The monoisotopic (exact) mass is 446 g/mol. The Bertz CT molecular complexity index is 1600. The lowest BCUT2D eigenvalue weighted by Gasteiger charge is -2.17. The molecule has 3 N–H and O–H groups in total. The maximum Gasteiger partial charge on any atom is 0.354 e. The number of benzene rings is 2. The fraction of sp³-hybridized carbons (Fsp3) is 0.0370. The highest BCUT2D eigenvalue weighted by atomic mass is 16.4. The van der Waals surface area contributed by atoms with Gasteiger partial charge in [0.15, 0.2) is 0 Å². The Kier molecular flexibility index (Phi) is 4.48. The number of nitrogens with one attached hydrogen (secondary N) is 2. The van der Waals surface area contributed by atoms with Crippen LogP contribution in [0.4, 0.5) is 0 Å². The molecule has 0 bridgehead atoms. The van der Waals surface area contributed by atoms with Crippen LogP contribution in [-0.4, -0.2) is 31.9 Å². The van der Waals surface area contributed by atoms with Crippen molar-refractivity contribution >= 4 is 22.9 Å². The molecule has 0 fully saturated rings. The molecule has 3 heterocycles. The zero-order valence-electron chi connectivity index (χ0n) is 17.8. The summed E-state index contributed by atoms with van der Waals surface area (Å²) in [7, 11) is 0. The first-order valence-electron chi connectivity index (χ1n) is 10.8. The first-order chi connectivity index (χ1) is 16.6. The highest BCUT2D eigenvalue weighted by Crippen LogP contribution is 2.47. The molecule has 0 saturated heterocycles. The van der Waals surface area contributed by atoms with Crippen molar-refractivity contribution in [3.8, 4) is 22.4 Å². The highest BCUT2D eigenvalue weighted by molar-refractivity contribution is 6.06. The number of carboxylic acid groups (broad SMARTS) is 1. The number of H-pyrrole nitrogens is 1. The second-order valence-corrected chi connectivity index (χ2v) is 8.08. The Balaban J connectivity index is 1.47. The molecule has 1 aliphatic rings. The lowest BCUT2D eigenvalue weighted by Crippen LogP contribution is -2.28. The van der Waals surface area contributed by atoms with Crippen LogP contribution in [0.1, 0.15) is 38.0 Å². The van der Waals surface area contributed by atoms with Gasteiger partial charge in [-0.2, -0.15) is 0 Å². The third-order valence-corrected chi connectivity index (χ3v) is 6.17. The van der Waals surface area contributed by atoms with Gasteiger partial charge >= 0.3 is 5.97 Å². The number of pyridine rings is 2. The van der Waals surface area contributed by atoms with Crippen molar-refractivity contribution in [2.24, 2.45) is 0 Å². The fourth-order valence-corrected chi connectivity index (χ4v) is 4.70. The van der Waals surface area contributed by atoms with Crippen molar-refractivity contribution in [1.29, 1.82) is 0 Å². The Morgan fingerprint density at radius 3 is 2.56 bits per heavy atom. The van der Waals surface area contributed by atoms with Gasteiger partial charge in [0.1, 0.15) is 11.3 Å². The maximum absolute atomic E-state index is 13.4. The quantitative estimate of drug-likeness (QED) is 0.367. The standard InChI is InChI=1S/C27H18N4O3/c32-26(18-12-14-29-25-17(18)11-13-28-25)31-24-16-6-2-1-5-15(16)23-19(7-3-8-20(23)24)21-9-4-10-22(30-21)27(33)34/h1-14,24H,(H,28,29)(H,31,32)(H,33,34). The first-order valence-corrected chi connectivity index (χ1v) is 10.8. The average Bonchev–Trinajstić information content (AvgIpc) is 3.47. The Labute approximate surface area is 194 Å². The van der Waals surface area contributed by atoms with Crippen molar-refractivity contribution in [1.82, 2.24) is 20.3 Å². The molecule has 1 unspecified atom stereocenters. The van der Waals surface area contributed by atoms with Gasteiger partial charge < -0.3 is 15.4 Å². The summed E-state index contributed by atoms with van der Waals surface area (Å²) < 4.78 is 0. The van der Waals surface area contributed by atoms with Crippen LogP contribution in [0.2, 0.25) is 0 Å². The predicted octanol–water partition coefficient (Wildman–Crippen LogP) is 4.82. The molecule has 6 rings (SSSR count). The summed E-state index contributed by atoms with van der Waals surface area (Å²) in [6, 6.07) is 21.9. The minimum Gasteiger partial charge on any atom is -0.477 e. The molecule has 34 heavy (non-hydrogen) atoms. The molecular formula is C27H18N4O3. The molecule has 5 aromatic rings. The van der Waals surface area contributed by atoms with E-state index >= 15 is 0 Å². The van der Waals surface area contributed by atoms with Gasteiger partial charge in [-0.25, -0.2) is 14.8 Å². The number of fused-ring (bicyclic) bond motifs is 4. The van der Waals surface area contributed by atoms with Crippen LogP contribution in [-0.2, 0) is 0 Å². The SMILES string of the molecule is O=C(O)c1cccc(-c2cccc3c2-c2ccccc2C3NC(=O)c2ccnc3[nH]ccc23)n1. The third-order valence-electron chi connectivity index (χ3n) is 6.17.